The molecule has 0 spiro atoms. The lowest BCUT2D eigenvalue weighted by Gasteiger charge is -2.02. The van der Waals surface area contributed by atoms with E-state index in [1.807, 2.05) is 32.0 Å². The molecule has 0 aliphatic heterocycles. The number of nitrogens with two attached hydrogens (primary N) is 2. The highest BCUT2D eigenvalue weighted by atomic mass is 16.1. The molecule has 3 nitrogen and oxygen atoms in total. The Labute approximate surface area is 83.4 Å². The summed E-state index contributed by atoms with van der Waals surface area (Å²) >= 11 is 0. The minimum Gasteiger partial charge on any atom is -0.394 e. The Bertz CT molecular complexity index is 394. The first kappa shape index (κ1) is 10.3. The first-order valence-electron chi connectivity index (χ1n) is 4.35. The second kappa shape index (κ2) is 3.96. The van der Waals surface area contributed by atoms with Crippen LogP contribution in [-0.4, -0.2) is 5.91 Å². The Kier molecular flexibility index (Phi) is 2.92. The van der Waals surface area contributed by atoms with Crippen molar-refractivity contribution in [2.45, 2.75) is 13.8 Å². The summed E-state index contributed by atoms with van der Waals surface area (Å²) in [5.74, 6) is -0.592. The van der Waals surface area contributed by atoms with Gasteiger partial charge in [0.25, 0.3) is 5.91 Å². The van der Waals surface area contributed by atoms with E-state index in [9.17, 15) is 4.79 Å². The first-order chi connectivity index (χ1) is 6.50. The van der Waals surface area contributed by atoms with Crippen molar-refractivity contribution in [3.8, 4) is 0 Å². The summed E-state index contributed by atoms with van der Waals surface area (Å²) in [4.78, 5) is 10.7. The van der Waals surface area contributed by atoms with E-state index < -0.39 is 5.91 Å². The van der Waals surface area contributed by atoms with Crippen LogP contribution in [0.3, 0.4) is 0 Å². The number of benzene rings is 1. The van der Waals surface area contributed by atoms with E-state index in [-0.39, 0.29) is 5.70 Å². The van der Waals surface area contributed by atoms with Crippen LogP contribution in [0.4, 0.5) is 0 Å². The minimum atomic E-state index is -0.592. The van der Waals surface area contributed by atoms with E-state index >= 15 is 0 Å². The van der Waals surface area contributed by atoms with Gasteiger partial charge in [-0.05, 0) is 31.1 Å². The molecule has 1 rings (SSSR count). The SMILES string of the molecule is Cc1ccc(C)c(/C=C(\N)C(N)=O)c1. The Morgan fingerprint density at radius 3 is 2.50 bits per heavy atom. The molecule has 0 fully saturated rings. The lowest BCUT2D eigenvalue weighted by atomic mass is 10.0. The number of carbonyl (C=O) groups is 1. The molecule has 0 radical (unpaired) electrons. The van der Waals surface area contributed by atoms with Crippen molar-refractivity contribution in [3.63, 3.8) is 0 Å². The number of hydrogen-bond donors (Lipinski definition) is 2. The minimum absolute atomic E-state index is 0.0821. The van der Waals surface area contributed by atoms with Gasteiger partial charge >= 0.3 is 0 Å². The van der Waals surface area contributed by atoms with E-state index in [0.29, 0.717) is 0 Å². The van der Waals surface area contributed by atoms with Crippen LogP contribution in [0.15, 0.2) is 23.9 Å². The molecule has 1 aromatic carbocycles. The maximum atomic E-state index is 10.7. The third kappa shape index (κ3) is 2.36. The molecule has 0 heterocycles. The molecular formula is C11H14N2O. The van der Waals surface area contributed by atoms with Crippen LogP contribution in [0.1, 0.15) is 16.7 Å². The summed E-state index contributed by atoms with van der Waals surface area (Å²) in [5, 5.41) is 0. The molecule has 74 valence electrons. The van der Waals surface area contributed by atoms with Crippen LogP contribution in [0, 0.1) is 13.8 Å². The molecular weight excluding hydrogens is 176 g/mol. The molecule has 0 atom stereocenters. The summed E-state index contributed by atoms with van der Waals surface area (Å²) in [7, 11) is 0. The average molecular weight is 190 g/mol. The molecule has 0 saturated heterocycles. The van der Waals surface area contributed by atoms with Crippen molar-refractivity contribution in [2.24, 2.45) is 11.5 Å². The fraction of sp³-hybridized carbons (Fsp3) is 0.182. The summed E-state index contributed by atoms with van der Waals surface area (Å²) in [6.07, 6.45) is 1.60. The van der Waals surface area contributed by atoms with Crippen molar-refractivity contribution in [1.82, 2.24) is 0 Å². The van der Waals surface area contributed by atoms with Gasteiger partial charge in [0.2, 0.25) is 0 Å². The van der Waals surface area contributed by atoms with E-state index in [1.165, 1.54) is 0 Å². The van der Waals surface area contributed by atoms with Crippen molar-refractivity contribution < 1.29 is 4.79 Å². The molecule has 0 bridgehead atoms. The van der Waals surface area contributed by atoms with Crippen LogP contribution >= 0.6 is 0 Å². The van der Waals surface area contributed by atoms with Crippen molar-refractivity contribution >= 4 is 12.0 Å². The van der Waals surface area contributed by atoms with Gasteiger partial charge in [0.1, 0.15) is 0 Å². The fourth-order valence-electron chi connectivity index (χ4n) is 1.15. The lowest BCUT2D eigenvalue weighted by molar-refractivity contribution is -0.114. The normalized spacial score (nSPS) is 11.4. The second-order valence-corrected chi connectivity index (χ2v) is 3.32. The van der Waals surface area contributed by atoms with Gasteiger partial charge in [-0.15, -0.1) is 0 Å². The highest BCUT2D eigenvalue weighted by Crippen LogP contribution is 2.13. The Morgan fingerprint density at radius 2 is 1.93 bits per heavy atom. The topological polar surface area (TPSA) is 69.1 Å². The van der Waals surface area contributed by atoms with Gasteiger partial charge in [-0.3, -0.25) is 4.79 Å². The largest absolute Gasteiger partial charge is 0.394 e. The molecule has 0 aliphatic rings. The number of carbonyl (C=O) groups excluding carboxylic acids is 1. The lowest BCUT2D eigenvalue weighted by Crippen LogP contribution is -2.19. The van der Waals surface area contributed by atoms with E-state index in [2.05, 4.69) is 0 Å². The van der Waals surface area contributed by atoms with Crippen LogP contribution < -0.4 is 11.5 Å². The molecule has 3 heteroatoms. The van der Waals surface area contributed by atoms with Crippen molar-refractivity contribution in [1.29, 1.82) is 0 Å². The predicted molar refractivity (Wildman–Crippen MR) is 57.3 cm³/mol. The monoisotopic (exact) mass is 190 g/mol. The highest BCUT2D eigenvalue weighted by Gasteiger charge is 2.00. The second-order valence-electron chi connectivity index (χ2n) is 3.32. The van der Waals surface area contributed by atoms with Gasteiger partial charge in [-0.2, -0.15) is 0 Å². The molecule has 14 heavy (non-hydrogen) atoms. The predicted octanol–water partition coefficient (Wildman–Crippen LogP) is 1.09. The third-order valence-electron chi connectivity index (χ3n) is 2.03. The Hall–Kier alpha value is -1.77. The molecule has 0 aliphatic carbocycles. The quantitative estimate of drug-likeness (QED) is 0.685. The van der Waals surface area contributed by atoms with Crippen LogP contribution in [-0.2, 0) is 4.79 Å². The fourth-order valence-corrected chi connectivity index (χ4v) is 1.15. The number of amides is 1. The first-order valence-corrected chi connectivity index (χ1v) is 4.35. The number of primary amides is 1. The van der Waals surface area contributed by atoms with Crippen LogP contribution in [0.25, 0.3) is 6.08 Å². The van der Waals surface area contributed by atoms with Gasteiger partial charge < -0.3 is 11.5 Å². The van der Waals surface area contributed by atoms with Crippen LogP contribution in [0.5, 0.6) is 0 Å². The van der Waals surface area contributed by atoms with Gasteiger partial charge in [-0.1, -0.05) is 23.8 Å². The number of hydrogen-bond acceptors (Lipinski definition) is 2. The highest BCUT2D eigenvalue weighted by molar-refractivity contribution is 5.95. The van der Waals surface area contributed by atoms with Crippen LogP contribution in [0.2, 0.25) is 0 Å². The van der Waals surface area contributed by atoms with Crippen molar-refractivity contribution in [3.05, 3.63) is 40.6 Å². The summed E-state index contributed by atoms with van der Waals surface area (Å²) in [6, 6.07) is 5.95. The standard InChI is InChI=1S/C11H14N2O/c1-7-3-4-8(2)9(5-7)6-10(12)11(13)14/h3-6H,12H2,1-2H3,(H2,13,14)/b10-6-. The van der Waals surface area contributed by atoms with Gasteiger partial charge in [-0.25, -0.2) is 0 Å². The zero-order valence-corrected chi connectivity index (χ0v) is 8.37. The van der Waals surface area contributed by atoms with Gasteiger partial charge in [0, 0.05) is 0 Å². The summed E-state index contributed by atoms with van der Waals surface area (Å²) in [6.45, 7) is 3.94. The number of aryl methyl sites for hydroxylation is 2. The maximum Gasteiger partial charge on any atom is 0.264 e. The molecule has 4 N–H and O–H groups in total. The smallest absolute Gasteiger partial charge is 0.264 e. The zero-order chi connectivity index (χ0) is 10.7. The molecule has 0 unspecified atom stereocenters. The van der Waals surface area contributed by atoms with Gasteiger partial charge in [0.05, 0.1) is 5.70 Å². The number of rotatable bonds is 2. The van der Waals surface area contributed by atoms with E-state index in [1.54, 1.807) is 6.08 Å². The molecule has 0 saturated carbocycles. The Balaban J connectivity index is 3.13. The van der Waals surface area contributed by atoms with Crippen molar-refractivity contribution in [2.75, 3.05) is 0 Å². The maximum absolute atomic E-state index is 10.7. The molecule has 1 amide bonds. The van der Waals surface area contributed by atoms with E-state index in [4.69, 9.17) is 11.5 Å². The Morgan fingerprint density at radius 1 is 1.29 bits per heavy atom. The zero-order valence-electron chi connectivity index (χ0n) is 8.37. The van der Waals surface area contributed by atoms with E-state index in [0.717, 1.165) is 16.7 Å². The third-order valence-corrected chi connectivity index (χ3v) is 2.03. The summed E-state index contributed by atoms with van der Waals surface area (Å²) in [5.41, 5.74) is 13.7. The van der Waals surface area contributed by atoms with Gasteiger partial charge in [0.15, 0.2) is 0 Å². The molecule has 0 aromatic heterocycles. The molecule has 1 aromatic rings. The average Bonchev–Trinajstić information content (AvgIpc) is 2.11. The summed E-state index contributed by atoms with van der Waals surface area (Å²) < 4.78 is 0.